The average molecular weight is 441 g/mol. The monoisotopic (exact) mass is 440 g/mol. The quantitative estimate of drug-likeness (QED) is 0.414. The molecule has 0 saturated heterocycles. The first-order chi connectivity index (χ1) is 15.4. The number of thiophene rings is 1. The number of hydrogen-bond acceptors (Lipinski definition) is 4. The molecule has 160 valence electrons. The zero-order valence-electron chi connectivity index (χ0n) is 18.5. The summed E-state index contributed by atoms with van der Waals surface area (Å²) in [5.41, 5.74) is 6.64. The molecule has 0 bridgehead atoms. The maximum Gasteiger partial charge on any atom is 0.266 e. The van der Waals surface area contributed by atoms with Gasteiger partial charge in [0.05, 0.1) is 5.56 Å². The fourth-order valence-electron chi connectivity index (χ4n) is 4.34. The van der Waals surface area contributed by atoms with Crippen LogP contribution in [0.2, 0.25) is 0 Å². The van der Waals surface area contributed by atoms with Crippen molar-refractivity contribution in [3.8, 4) is 17.8 Å². The van der Waals surface area contributed by atoms with Crippen LogP contribution in [0.5, 0.6) is 0 Å². The van der Waals surface area contributed by atoms with Gasteiger partial charge in [0, 0.05) is 22.0 Å². The third-order valence-electron chi connectivity index (χ3n) is 5.91. The van der Waals surface area contributed by atoms with Crippen molar-refractivity contribution < 1.29 is 4.79 Å². The first-order valence-electron chi connectivity index (χ1n) is 10.7. The van der Waals surface area contributed by atoms with Crippen molar-refractivity contribution in [2.45, 2.75) is 46.5 Å². The molecule has 6 heteroatoms. The predicted molar refractivity (Wildman–Crippen MR) is 128 cm³/mol. The number of anilines is 1. The third-order valence-corrected chi connectivity index (χ3v) is 7.11. The molecule has 2 aromatic heterocycles. The number of nitrogens with zero attached hydrogens (tertiary/aromatic N) is 3. The van der Waals surface area contributed by atoms with Crippen LogP contribution < -0.4 is 5.32 Å². The van der Waals surface area contributed by atoms with Crippen molar-refractivity contribution in [1.29, 1.82) is 10.5 Å². The number of rotatable bonds is 4. The molecule has 0 atom stereocenters. The Bertz CT molecular complexity index is 1330. The van der Waals surface area contributed by atoms with Crippen LogP contribution in [0.25, 0.3) is 11.8 Å². The van der Waals surface area contributed by atoms with Crippen LogP contribution in [0.3, 0.4) is 0 Å². The van der Waals surface area contributed by atoms with Gasteiger partial charge in [0.25, 0.3) is 5.91 Å². The molecule has 1 N–H and O–H groups in total. The zero-order chi connectivity index (χ0) is 22.8. The lowest BCUT2D eigenvalue weighted by Crippen LogP contribution is -2.13. The van der Waals surface area contributed by atoms with E-state index in [0.717, 1.165) is 59.4 Å². The molecule has 32 heavy (non-hydrogen) atoms. The molecule has 5 nitrogen and oxygen atoms in total. The molecule has 0 spiro atoms. The number of fused-ring (bicyclic) bond motifs is 1. The SMILES string of the molecule is Cc1cccc(-n2c(C)cc(C=C(C#N)C(=O)Nc3sc4c(c3C#N)CCCC4)c2C)c1. The highest BCUT2D eigenvalue weighted by Gasteiger charge is 2.23. The summed E-state index contributed by atoms with van der Waals surface area (Å²) in [5.74, 6) is -0.483. The molecule has 1 aliphatic carbocycles. The van der Waals surface area contributed by atoms with Crippen molar-refractivity contribution in [3.63, 3.8) is 0 Å². The van der Waals surface area contributed by atoms with Crippen LogP contribution >= 0.6 is 11.3 Å². The molecule has 0 fully saturated rings. The van der Waals surface area contributed by atoms with Crippen LogP contribution in [-0.4, -0.2) is 10.5 Å². The number of aromatic nitrogens is 1. The normalized spacial score (nSPS) is 13.2. The number of nitrogens with one attached hydrogen (secondary N) is 1. The van der Waals surface area contributed by atoms with Crippen molar-refractivity contribution in [1.82, 2.24) is 4.57 Å². The minimum Gasteiger partial charge on any atom is -0.318 e. The average Bonchev–Trinajstić information content (AvgIpc) is 3.27. The van der Waals surface area contributed by atoms with Crippen molar-refractivity contribution in [2.24, 2.45) is 0 Å². The summed E-state index contributed by atoms with van der Waals surface area (Å²) in [6.45, 7) is 6.04. The van der Waals surface area contributed by atoms with E-state index in [1.54, 1.807) is 6.08 Å². The minimum absolute atomic E-state index is 0.0183. The topological polar surface area (TPSA) is 81.6 Å². The molecule has 0 aliphatic heterocycles. The molecule has 0 saturated carbocycles. The fourth-order valence-corrected chi connectivity index (χ4v) is 5.58. The Morgan fingerprint density at radius 1 is 1.16 bits per heavy atom. The highest BCUT2D eigenvalue weighted by molar-refractivity contribution is 7.16. The fraction of sp³-hybridized carbons (Fsp3) is 0.269. The summed E-state index contributed by atoms with van der Waals surface area (Å²) in [7, 11) is 0. The molecule has 0 unspecified atom stereocenters. The second kappa shape index (κ2) is 8.86. The third kappa shape index (κ3) is 3.98. The van der Waals surface area contributed by atoms with E-state index in [4.69, 9.17) is 0 Å². The Kier molecular flexibility index (Phi) is 5.99. The largest absolute Gasteiger partial charge is 0.318 e. The van der Waals surface area contributed by atoms with Crippen molar-refractivity contribution >= 4 is 28.3 Å². The van der Waals surface area contributed by atoms with E-state index >= 15 is 0 Å². The second-order valence-corrected chi connectivity index (χ2v) is 9.26. The Balaban J connectivity index is 1.65. The Morgan fingerprint density at radius 2 is 1.94 bits per heavy atom. The second-order valence-electron chi connectivity index (χ2n) is 8.15. The van der Waals surface area contributed by atoms with E-state index in [2.05, 4.69) is 35.0 Å². The van der Waals surface area contributed by atoms with E-state index in [1.165, 1.54) is 16.2 Å². The predicted octanol–water partition coefficient (Wildman–Crippen LogP) is 5.76. The van der Waals surface area contributed by atoms with E-state index in [1.807, 2.05) is 38.1 Å². The maximum atomic E-state index is 12.9. The minimum atomic E-state index is -0.483. The molecule has 1 amide bonds. The maximum absolute atomic E-state index is 12.9. The van der Waals surface area contributed by atoms with Crippen LogP contribution in [0.4, 0.5) is 5.00 Å². The summed E-state index contributed by atoms with van der Waals surface area (Å²) < 4.78 is 2.12. The molecule has 1 aliphatic rings. The van der Waals surface area contributed by atoms with Gasteiger partial charge in [-0.1, -0.05) is 12.1 Å². The van der Waals surface area contributed by atoms with Crippen LogP contribution in [-0.2, 0) is 17.6 Å². The lowest BCUT2D eigenvalue weighted by Gasteiger charge is -2.10. The Hall–Kier alpha value is -3.61. The number of benzene rings is 1. The van der Waals surface area contributed by atoms with Gasteiger partial charge in [-0.15, -0.1) is 11.3 Å². The summed E-state index contributed by atoms with van der Waals surface area (Å²) in [6, 6.07) is 14.5. The van der Waals surface area contributed by atoms with Crippen LogP contribution in [0.15, 0.2) is 35.9 Å². The van der Waals surface area contributed by atoms with Gasteiger partial charge in [0.15, 0.2) is 0 Å². The molecular formula is C26H24N4OS. The lowest BCUT2D eigenvalue weighted by molar-refractivity contribution is -0.112. The molecule has 1 aromatic carbocycles. The number of carbonyl (C=O) groups is 1. The van der Waals surface area contributed by atoms with Gasteiger partial charge in [-0.25, -0.2) is 0 Å². The molecule has 0 radical (unpaired) electrons. The highest BCUT2D eigenvalue weighted by atomic mass is 32.1. The Morgan fingerprint density at radius 3 is 2.66 bits per heavy atom. The lowest BCUT2D eigenvalue weighted by atomic mass is 9.96. The summed E-state index contributed by atoms with van der Waals surface area (Å²) in [6.07, 6.45) is 5.60. The summed E-state index contributed by atoms with van der Waals surface area (Å²) in [5, 5.41) is 22.7. The number of carbonyl (C=O) groups excluding carboxylic acids is 1. The van der Waals surface area contributed by atoms with Crippen LogP contribution in [0, 0.1) is 43.4 Å². The van der Waals surface area contributed by atoms with E-state index < -0.39 is 5.91 Å². The number of amides is 1. The first kappa shape index (κ1) is 21.6. The van der Waals surface area contributed by atoms with Gasteiger partial charge in [0.1, 0.15) is 22.7 Å². The Labute approximate surface area is 192 Å². The smallest absolute Gasteiger partial charge is 0.266 e. The molecule has 4 rings (SSSR count). The molecule has 3 aromatic rings. The molecule has 2 heterocycles. The van der Waals surface area contributed by atoms with Crippen LogP contribution in [0.1, 0.15) is 51.4 Å². The van der Waals surface area contributed by atoms with Gasteiger partial charge >= 0.3 is 0 Å². The van der Waals surface area contributed by atoms with Crippen molar-refractivity contribution in [3.05, 3.63) is 74.4 Å². The zero-order valence-corrected chi connectivity index (χ0v) is 19.3. The van der Waals surface area contributed by atoms with E-state index in [-0.39, 0.29) is 5.57 Å². The number of hydrogen-bond donors (Lipinski definition) is 1. The first-order valence-corrected chi connectivity index (χ1v) is 11.5. The highest BCUT2D eigenvalue weighted by Crippen LogP contribution is 2.37. The standard InChI is InChI=1S/C26H24N4OS/c1-16-7-6-8-21(11-16)30-17(2)12-19(18(30)3)13-20(14-27)25(31)29-26-23(15-28)22-9-4-5-10-24(22)32-26/h6-8,11-13H,4-5,9-10H2,1-3H3,(H,29,31). The van der Waals surface area contributed by atoms with Gasteiger partial charge < -0.3 is 9.88 Å². The summed E-state index contributed by atoms with van der Waals surface area (Å²) >= 11 is 1.46. The number of aryl methyl sites for hydroxylation is 3. The van der Waals surface area contributed by atoms with Gasteiger partial charge in [-0.3, -0.25) is 4.79 Å². The van der Waals surface area contributed by atoms with E-state index in [0.29, 0.717) is 10.6 Å². The van der Waals surface area contributed by atoms with Gasteiger partial charge in [0.2, 0.25) is 0 Å². The van der Waals surface area contributed by atoms with Crippen molar-refractivity contribution in [2.75, 3.05) is 5.32 Å². The van der Waals surface area contributed by atoms with E-state index in [9.17, 15) is 15.3 Å². The summed E-state index contributed by atoms with van der Waals surface area (Å²) in [4.78, 5) is 14.1. The number of nitriles is 2. The van der Waals surface area contributed by atoms with Gasteiger partial charge in [-0.2, -0.15) is 10.5 Å². The van der Waals surface area contributed by atoms with Gasteiger partial charge in [-0.05, 0) is 87.4 Å². The molecular weight excluding hydrogens is 416 g/mol.